The molecule has 2 atom stereocenters. The molecule has 0 amide bonds. The molecule has 2 N–H and O–H groups in total. The number of anilines is 1. The highest BCUT2D eigenvalue weighted by Gasteiger charge is 2.22. The minimum Gasteiger partial charge on any atom is -0.496 e. The number of nitrogens with one attached hydrogen (secondary N) is 1. The van der Waals surface area contributed by atoms with Gasteiger partial charge in [0.25, 0.3) is 0 Å². The van der Waals surface area contributed by atoms with Crippen LogP contribution in [-0.2, 0) is 0 Å². The third-order valence-electron chi connectivity index (χ3n) is 3.48. The first-order valence-electron chi connectivity index (χ1n) is 6.30. The van der Waals surface area contributed by atoms with Gasteiger partial charge in [-0.15, -0.1) is 0 Å². The number of aliphatic hydroxyl groups excluding tert-OH is 1. The van der Waals surface area contributed by atoms with Crippen LogP contribution >= 0.6 is 0 Å². The van der Waals surface area contributed by atoms with Crippen LogP contribution in [0.5, 0.6) is 5.75 Å². The van der Waals surface area contributed by atoms with E-state index in [4.69, 9.17) is 4.74 Å². The van der Waals surface area contributed by atoms with Crippen molar-refractivity contribution >= 4 is 5.69 Å². The molecule has 1 aromatic carbocycles. The Morgan fingerprint density at radius 3 is 2.71 bits per heavy atom. The molecule has 1 saturated carbocycles. The minimum absolute atomic E-state index is 0.191. The molecule has 0 unspecified atom stereocenters. The van der Waals surface area contributed by atoms with Crippen LogP contribution in [0.2, 0.25) is 0 Å². The van der Waals surface area contributed by atoms with Gasteiger partial charge in [0.1, 0.15) is 5.75 Å². The zero-order valence-electron chi connectivity index (χ0n) is 10.6. The van der Waals surface area contributed by atoms with E-state index >= 15 is 0 Å². The Morgan fingerprint density at radius 2 is 2.06 bits per heavy atom. The van der Waals surface area contributed by atoms with E-state index in [9.17, 15) is 5.11 Å². The Labute approximate surface area is 103 Å². The van der Waals surface area contributed by atoms with E-state index in [1.807, 2.05) is 19.1 Å². The Morgan fingerprint density at radius 1 is 1.29 bits per heavy atom. The van der Waals surface area contributed by atoms with Crippen molar-refractivity contribution in [3.05, 3.63) is 23.8 Å². The second kappa shape index (κ2) is 5.41. The van der Waals surface area contributed by atoms with Crippen LogP contribution in [0, 0.1) is 6.92 Å². The van der Waals surface area contributed by atoms with E-state index in [-0.39, 0.29) is 12.1 Å². The predicted molar refractivity (Wildman–Crippen MR) is 69.6 cm³/mol. The van der Waals surface area contributed by atoms with Gasteiger partial charge in [0.05, 0.1) is 19.3 Å². The van der Waals surface area contributed by atoms with Crippen molar-refractivity contribution in [1.29, 1.82) is 0 Å². The van der Waals surface area contributed by atoms with Crippen molar-refractivity contribution in [2.24, 2.45) is 0 Å². The summed E-state index contributed by atoms with van der Waals surface area (Å²) >= 11 is 0. The molecule has 3 heteroatoms. The third kappa shape index (κ3) is 2.91. The van der Waals surface area contributed by atoms with Crippen LogP contribution < -0.4 is 10.1 Å². The first kappa shape index (κ1) is 12.2. The van der Waals surface area contributed by atoms with Gasteiger partial charge in [0.15, 0.2) is 0 Å². The summed E-state index contributed by atoms with van der Waals surface area (Å²) in [6.45, 7) is 2.03. The Bertz CT molecular complexity index is 378. The van der Waals surface area contributed by atoms with Crippen LogP contribution in [0.4, 0.5) is 5.69 Å². The zero-order chi connectivity index (χ0) is 12.3. The largest absolute Gasteiger partial charge is 0.496 e. The molecule has 2 rings (SSSR count). The number of rotatable bonds is 3. The van der Waals surface area contributed by atoms with E-state index in [1.54, 1.807) is 7.11 Å². The fourth-order valence-corrected chi connectivity index (χ4v) is 2.46. The van der Waals surface area contributed by atoms with Gasteiger partial charge < -0.3 is 15.2 Å². The van der Waals surface area contributed by atoms with E-state index in [2.05, 4.69) is 11.4 Å². The predicted octanol–water partition coefficient (Wildman–Crippen LogP) is 2.72. The van der Waals surface area contributed by atoms with Crippen molar-refractivity contribution in [3.8, 4) is 5.75 Å². The second-order valence-electron chi connectivity index (χ2n) is 4.79. The van der Waals surface area contributed by atoms with Gasteiger partial charge >= 0.3 is 0 Å². The van der Waals surface area contributed by atoms with Crippen molar-refractivity contribution < 1.29 is 9.84 Å². The van der Waals surface area contributed by atoms with E-state index in [0.717, 1.165) is 36.3 Å². The first-order valence-corrected chi connectivity index (χ1v) is 6.30. The Hall–Kier alpha value is -1.22. The number of methoxy groups -OCH3 is 1. The molecule has 3 nitrogen and oxygen atoms in total. The maximum Gasteiger partial charge on any atom is 0.121 e. The molecule has 1 aliphatic rings. The molecule has 17 heavy (non-hydrogen) atoms. The van der Waals surface area contributed by atoms with Gasteiger partial charge in [-0.1, -0.05) is 12.8 Å². The minimum atomic E-state index is -0.217. The molecule has 1 aromatic rings. The number of aliphatic hydroxyl groups is 1. The van der Waals surface area contributed by atoms with Gasteiger partial charge in [-0.25, -0.2) is 0 Å². The first-order chi connectivity index (χ1) is 8.20. The lowest BCUT2D eigenvalue weighted by Crippen LogP contribution is -2.36. The SMILES string of the molecule is COc1ccc(N[C@H]2CCCC[C@@H]2O)cc1C. The third-order valence-corrected chi connectivity index (χ3v) is 3.48. The highest BCUT2D eigenvalue weighted by molar-refractivity contribution is 5.51. The summed E-state index contributed by atoms with van der Waals surface area (Å²) in [4.78, 5) is 0. The topological polar surface area (TPSA) is 41.5 Å². The fourth-order valence-electron chi connectivity index (χ4n) is 2.46. The van der Waals surface area contributed by atoms with E-state index < -0.39 is 0 Å². The molecule has 94 valence electrons. The number of ether oxygens (including phenoxy) is 1. The molecule has 1 fully saturated rings. The lowest BCUT2D eigenvalue weighted by atomic mass is 9.92. The lowest BCUT2D eigenvalue weighted by molar-refractivity contribution is 0.116. The van der Waals surface area contributed by atoms with Gasteiger partial charge in [0.2, 0.25) is 0 Å². The summed E-state index contributed by atoms with van der Waals surface area (Å²) < 4.78 is 5.23. The summed E-state index contributed by atoms with van der Waals surface area (Å²) in [6.07, 6.45) is 4.08. The van der Waals surface area contributed by atoms with Crippen LogP contribution in [0.25, 0.3) is 0 Å². The van der Waals surface area contributed by atoms with Gasteiger partial charge in [0, 0.05) is 5.69 Å². The smallest absolute Gasteiger partial charge is 0.121 e. The monoisotopic (exact) mass is 235 g/mol. The molecule has 0 aromatic heterocycles. The second-order valence-corrected chi connectivity index (χ2v) is 4.79. The van der Waals surface area contributed by atoms with Crippen molar-refractivity contribution in [2.45, 2.75) is 44.8 Å². The Balaban J connectivity index is 2.05. The normalized spacial score (nSPS) is 24.4. The summed E-state index contributed by atoms with van der Waals surface area (Å²) in [7, 11) is 1.68. The van der Waals surface area contributed by atoms with E-state index in [0.29, 0.717) is 0 Å². The average molecular weight is 235 g/mol. The highest BCUT2D eigenvalue weighted by Crippen LogP contribution is 2.25. The molecule has 0 radical (unpaired) electrons. The number of aryl methyl sites for hydroxylation is 1. The molecule has 0 bridgehead atoms. The van der Waals surface area contributed by atoms with Gasteiger partial charge in [-0.2, -0.15) is 0 Å². The number of benzene rings is 1. The average Bonchev–Trinajstić information content (AvgIpc) is 2.32. The molecule has 0 heterocycles. The molecular formula is C14H21NO2. The summed E-state index contributed by atoms with van der Waals surface area (Å²) in [5.41, 5.74) is 2.18. The van der Waals surface area contributed by atoms with E-state index in [1.165, 1.54) is 6.42 Å². The van der Waals surface area contributed by atoms with Crippen LogP contribution in [0.3, 0.4) is 0 Å². The van der Waals surface area contributed by atoms with Crippen molar-refractivity contribution in [3.63, 3.8) is 0 Å². The number of hydrogen-bond donors (Lipinski definition) is 2. The van der Waals surface area contributed by atoms with Gasteiger partial charge in [-0.3, -0.25) is 0 Å². The molecular weight excluding hydrogens is 214 g/mol. The molecule has 0 spiro atoms. The van der Waals surface area contributed by atoms with Gasteiger partial charge in [-0.05, 0) is 43.5 Å². The molecule has 0 aliphatic heterocycles. The summed E-state index contributed by atoms with van der Waals surface area (Å²) in [6, 6.07) is 6.23. The maximum atomic E-state index is 9.91. The van der Waals surface area contributed by atoms with Crippen LogP contribution in [0.1, 0.15) is 31.2 Å². The van der Waals surface area contributed by atoms with Crippen molar-refractivity contribution in [2.75, 3.05) is 12.4 Å². The van der Waals surface area contributed by atoms with Crippen LogP contribution in [-0.4, -0.2) is 24.4 Å². The standard InChI is InChI=1S/C14H21NO2/c1-10-9-11(7-8-14(10)17-2)15-12-5-3-4-6-13(12)16/h7-9,12-13,15-16H,3-6H2,1-2H3/t12-,13-/m0/s1. The quantitative estimate of drug-likeness (QED) is 0.846. The highest BCUT2D eigenvalue weighted by atomic mass is 16.5. The number of hydrogen-bond acceptors (Lipinski definition) is 3. The zero-order valence-corrected chi connectivity index (χ0v) is 10.6. The summed E-state index contributed by atoms with van der Waals surface area (Å²) in [5, 5.41) is 13.3. The van der Waals surface area contributed by atoms with Crippen molar-refractivity contribution in [1.82, 2.24) is 0 Å². The Kier molecular flexibility index (Phi) is 3.89. The maximum absolute atomic E-state index is 9.91. The van der Waals surface area contributed by atoms with Crippen LogP contribution in [0.15, 0.2) is 18.2 Å². The molecule has 1 aliphatic carbocycles. The summed E-state index contributed by atoms with van der Waals surface area (Å²) in [5.74, 6) is 0.903. The lowest BCUT2D eigenvalue weighted by Gasteiger charge is -2.29. The molecule has 0 saturated heterocycles. The fraction of sp³-hybridized carbons (Fsp3) is 0.571.